The second-order valence-electron chi connectivity index (χ2n) is 5.49. The fourth-order valence-corrected chi connectivity index (χ4v) is 2.94. The molecule has 96 valence electrons. The second-order valence-corrected chi connectivity index (χ2v) is 5.49. The van der Waals surface area contributed by atoms with E-state index in [2.05, 4.69) is 5.32 Å². The molecule has 3 rings (SSSR count). The molecule has 0 spiro atoms. The highest BCUT2D eigenvalue weighted by Crippen LogP contribution is 2.47. The maximum Gasteiger partial charge on any atom is 0.223 e. The first-order valence-corrected chi connectivity index (χ1v) is 6.80. The average Bonchev–Trinajstić information content (AvgIpc) is 3.01. The van der Waals surface area contributed by atoms with Gasteiger partial charge in [-0.2, -0.15) is 0 Å². The van der Waals surface area contributed by atoms with Gasteiger partial charge in [0.2, 0.25) is 5.91 Å². The number of amides is 1. The van der Waals surface area contributed by atoms with Crippen LogP contribution in [-0.2, 0) is 4.79 Å². The Morgan fingerprint density at radius 2 is 1.83 bits per heavy atom. The zero-order chi connectivity index (χ0) is 12.5. The molecule has 2 saturated carbocycles. The minimum atomic E-state index is -0.216. The number of rotatable bonds is 3. The summed E-state index contributed by atoms with van der Waals surface area (Å²) in [5.74, 6) is 0.380. The van der Waals surface area contributed by atoms with Gasteiger partial charge in [0.15, 0.2) is 0 Å². The van der Waals surface area contributed by atoms with Crippen LogP contribution in [-0.4, -0.2) is 11.9 Å². The summed E-state index contributed by atoms with van der Waals surface area (Å²) < 4.78 is 12.8. The van der Waals surface area contributed by atoms with Crippen LogP contribution in [0.4, 0.5) is 4.39 Å². The van der Waals surface area contributed by atoms with Gasteiger partial charge in [-0.15, -0.1) is 0 Å². The van der Waals surface area contributed by atoms with Gasteiger partial charge < -0.3 is 5.32 Å². The average molecular weight is 247 g/mol. The van der Waals surface area contributed by atoms with E-state index in [1.54, 1.807) is 12.1 Å². The van der Waals surface area contributed by atoms with Crippen molar-refractivity contribution in [1.82, 2.24) is 5.32 Å². The molecule has 18 heavy (non-hydrogen) atoms. The summed E-state index contributed by atoms with van der Waals surface area (Å²) >= 11 is 0. The van der Waals surface area contributed by atoms with Gasteiger partial charge in [-0.25, -0.2) is 4.39 Å². The molecule has 0 radical (unpaired) electrons. The topological polar surface area (TPSA) is 29.1 Å². The molecule has 0 saturated heterocycles. The van der Waals surface area contributed by atoms with Crippen molar-refractivity contribution < 1.29 is 9.18 Å². The lowest BCUT2D eigenvalue weighted by Gasteiger charge is -2.11. The van der Waals surface area contributed by atoms with Gasteiger partial charge in [0.1, 0.15) is 5.82 Å². The molecule has 2 aliphatic carbocycles. The van der Waals surface area contributed by atoms with Crippen molar-refractivity contribution in [3.63, 3.8) is 0 Å². The van der Waals surface area contributed by atoms with Crippen molar-refractivity contribution in [1.29, 1.82) is 0 Å². The predicted molar refractivity (Wildman–Crippen MR) is 67.6 cm³/mol. The van der Waals surface area contributed by atoms with E-state index in [4.69, 9.17) is 0 Å². The third-order valence-electron chi connectivity index (χ3n) is 4.13. The Morgan fingerprint density at radius 3 is 2.50 bits per heavy atom. The molecule has 1 aromatic carbocycles. The van der Waals surface area contributed by atoms with E-state index in [-0.39, 0.29) is 17.6 Å². The largest absolute Gasteiger partial charge is 0.353 e. The van der Waals surface area contributed by atoms with Crippen LogP contribution in [0.3, 0.4) is 0 Å². The first kappa shape index (κ1) is 11.7. The highest BCUT2D eigenvalue weighted by molar-refractivity contribution is 5.83. The highest BCUT2D eigenvalue weighted by atomic mass is 19.1. The molecule has 1 amide bonds. The first-order valence-electron chi connectivity index (χ1n) is 6.80. The van der Waals surface area contributed by atoms with Gasteiger partial charge in [0.05, 0.1) is 0 Å². The van der Waals surface area contributed by atoms with E-state index < -0.39 is 0 Å². The van der Waals surface area contributed by atoms with Gasteiger partial charge in [0.25, 0.3) is 0 Å². The Bertz CT molecular complexity index is 436. The lowest BCUT2D eigenvalue weighted by atomic mass is 10.1. The molecule has 1 aromatic rings. The lowest BCUT2D eigenvalue weighted by molar-refractivity contribution is -0.123. The molecule has 0 aromatic heterocycles. The summed E-state index contributed by atoms with van der Waals surface area (Å²) in [7, 11) is 0. The van der Waals surface area contributed by atoms with E-state index in [0.29, 0.717) is 12.0 Å². The highest BCUT2D eigenvalue weighted by Gasteiger charge is 2.44. The van der Waals surface area contributed by atoms with Gasteiger partial charge in [-0.05, 0) is 42.9 Å². The molecule has 0 heterocycles. The molecular weight excluding hydrogens is 229 g/mol. The molecule has 3 heteroatoms. The number of nitrogens with one attached hydrogen (secondary N) is 1. The molecule has 2 fully saturated rings. The summed E-state index contributed by atoms with van der Waals surface area (Å²) in [4.78, 5) is 12.0. The van der Waals surface area contributed by atoms with Crippen LogP contribution in [0, 0.1) is 11.7 Å². The minimum absolute atomic E-state index is 0.107. The molecular formula is C15H18FNO. The van der Waals surface area contributed by atoms with Gasteiger partial charge in [0, 0.05) is 12.0 Å². The minimum Gasteiger partial charge on any atom is -0.353 e. The zero-order valence-corrected chi connectivity index (χ0v) is 10.4. The fraction of sp³-hybridized carbons (Fsp3) is 0.533. The SMILES string of the molecule is O=C(NC1CCCC1)C1CC1c1ccc(F)cc1. The Labute approximate surface area is 107 Å². The Kier molecular flexibility index (Phi) is 3.06. The standard InChI is InChI=1S/C15H18FNO/c16-11-7-5-10(6-8-11)13-9-14(13)15(18)17-12-3-1-2-4-12/h5-8,12-14H,1-4,9H2,(H,17,18). The molecule has 2 nitrogen and oxygen atoms in total. The van der Waals surface area contributed by atoms with E-state index in [1.165, 1.54) is 25.0 Å². The number of hydrogen-bond donors (Lipinski definition) is 1. The number of hydrogen-bond acceptors (Lipinski definition) is 1. The van der Waals surface area contributed by atoms with Crippen LogP contribution < -0.4 is 5.32 Å². The van der Waals surface area contributed by atoms with Crippen LogP contribution >= 0.6 is 0 Å². The monoisotopic (exact) mass is 247 g/mol. The molecule has 2 aliphatic rings. The van der Waals surface area contributed by atoms with Gasteiger partial charge in [-0.1, -0.05) is 25.0 Å². The smallest absolute Gasteiger partial charge is 0.223 e. The fourth-order valence-electron chi connectivity index (χ4n) is 2.94. The van der Waals surface area contributed by atoms with Crippen molar-refractivity contribution in [3.8, 4) is 0 Å². The van der Waals surface area contributed by atoms with Gasteiger partial charge >= 0.3 is 0 Å². The van der Waals surface area contributed by atoms with Crippen LogP contribution in [0.5, 0.6) is 0 Å². The quantitative estimate of drug-likeness (QED) is 0.874. The summed E-state index contributed by atoms with van der Waals surface area (Å²) in [5, 5.41) is 3.14. The van der Waals surface area contributed by atoms with Crippen LogP contribution in [0.1, 0.15) is 43.6 Å². The van der Waals surface area contributed by atoms with E-state index in [9.17, 15) is 9.18 Å². The van der Waals surface area contributed by atoms with Crippen LogP contribution in [0.15, 0.2) is 24.3 Å². The van der Waals surface area contributed by atoms with Crippen molar-refractivity contribution in [2.24, 2.45) is 5.92 Å². The lowest BCUT2D eigenvalue weighted by Crippen LogP contribution is -2.34. The van der Waals surface area contributed by atoms with Crippen molar-refractivity contribution in [2.75, 3.05) is 0 Å². The summed E-state index contributed by atoms with van der Waals surface area (Å²) in [6.45, 7) is 0. The van der Waals surface area contributed by atoms with Crippen LogP contribution in [0.25, 0.3) is 0 Å². The number of benzene rings is 1. The summed E-state index contributed by atoms with van der Waals surface area (Å²) in [6, 6.07) is 6.93. The molecule has 1 N–H and O–H groups in total. The van der Waals surface area contributed by atoms with E-state index in [1.807, 2.05) is 0 Å². The maximum atomic E-state index is 12.8. The normalized spacial score (nSPS) is 27.2. The number of carbonyl (C=O) groups is 1. The van der Waals surface area contributed by atoms with Crippen molar-refractivity contribution in [3.05, 3.63) is 35.6 Å². The molecule has 2 atom stereocenters. The Morgan fingerprint density at radius 1 is 1.17 bits per heavy atom. The maximum absolute atomic E-state index is 12.8. The summed E-state index contributed by atoms with van der Waals surface area (Å²) in [5.41, 5.74) is 1.09. The zero-order valence-electron chi connectivity index (χ0n) is 10.4. The third kappa shape index (κ3) is 2.40. The third-order valence-corrected chi connectivity index (χ3v) is 4.13. The first-order chi connectivity index (χ1) is 8.74. The van der Waals surface area contributed by atoms with Crippen LogP contribution in [0.2, 0.25) is 0 Å². The molecule has 2 unspecified atom stereocenters. The van der Waals surface area contributed by atoms with Gasteiger partial charge in [-0.3, -0.25) is 4.79 Å². The van der Waals surface area contributed by atoms with Crippen molar-refractivity contribution in [2.45, 2.75) is 44.1 Å². The molecule has 0 aliphatic heterocycles. The van der Waals surface area contributed by atoms with E-state index >= 15 is 0 Å². The summed E-state index contributed by atoms with van der Waals surface area (Å²) in [6.07, 6.45) is 5.62. The predicted octanol–water partition coefficient (Wildman–Crippen LogP) is 2.99. The number of carbonyl (C=O) groups excluding carboxylic acids is 1. The number of halogens is 1. The Balaban J connectivity index is 1.56. The van der Waals surface area contributed by atoms with E-state index in [0.717, 1.165) is 24.8 Å². The Hall–Kier alpha value is -1.38. The second kappa shape index (κ2) is 4.71. The van der Waals surface area contributed by atoms with Crippen molar-refractivity contribution >= 4 is 5.91 Å². The molecule has 0 bridgehead atoms.